The van der Waals surface area contributed by atoms with E-state index in [1.165, 1.54) is 0 Å². The van der Waals surface area contributed by atoms with Gasteiger partial charge in [0, 0.05) is 25.2 Å². The average Bonchev–Trinajstić information content (AvgIpc) is 2.20. The lowest BCUT2D eigenvalue weighted by atomic mass is 10.1. The molecule has 0 spiro atoms. The lowest BCUT2D eigenvalue weighted by Gasteiger charge is -2.36. The molecule has 1 aliphatic heterocycles. The predicted molar refractivity (Wildman–Crippen MR) is 66.1 cm³/mol. The van der Waals surface area contributed by atoms with Crippen LogP contribution in [0.15, 0.2) is 6.20 Å². The van der Waals surface area contributed by atoms with Crippen LogP contribution in [0, 0.1) is 6.92 Å². The van der Waals surface area contributed by atoms with E-state index in [2.05, 4.69) is 34.0 Å². The molecular formula is C11H17ClN4. The van der Waals surface area contributed by atoms with Crippen LogP contribution in [0.2, 0.25) is 5.02 Å². The Morgan fingerprint density at radius 1 is 1.38 bits per heavy atom. The third kappa shape index (κ3) is 2.44. The molecule has 0 bridgehead atoms. The third-order valence-electron chi connectivity index (χ3n) is 2.75. The van der Waals surface area contributed by atoms with Crippen molar-refractivity contribution in [1.29, 1.82) is 0 Å². The maximum Gasteiger partial charge on any atom is 0.225 e. The monoisotopic (exact) mass is 240 g/mol. The van der Waals surface area contributed by atoms with E-state index in [0.717, 1.165) is 24.7 Å². The normalized spacial score (nSPS) is 25.9. The first-order valence-corrected chi connectivity index (χ1v) is 5.94. The molecule has 0 radical (unpaired) electrons. The van der Waals surface area contributed by atoms with E-state index in [-0.39, 0.29) is 0 Å². The van der Waals surface area contributed by atoms with Crippen LogP contribution in [0.25, 0.3) is 0 Å². The molecular weight excluding hydrogens is 224 g/mol. The number of halogens is 1. The highest BCUT2D eigenvalue weighted by Crippen LogP contribution is 2.17. The molecule has 0 amide bonds. The number of aryl methyl sites for hydroxylation is 1. The van der Waals surface area contributed by atoms with Gasteiger partial charge in [0.15, 0.2) is 0 Å². The Morgan fingerprint density at radius 2 is 2.00 bits per heavy atom. The fourth-order valence-electron chi connectivity index (χ4n) is 2.08. The molecule has 0 aromatic carbocycles. The van der Waals surface area contributed by atoms with E-state index in [0.29, 0.717) is 17.1 Å². The fourth-order valence-corrected chi connectivity index (χ4v) is 2.17. The van der Waals surface area contributed by atoms with E-state index >= 15 is 0 Å². The first-order chi connectivity index (χ1) is 7.56. The van der Waals surface area contributed by atoms with Crippen molar-refractivity contribution < 1.29 is 0 Å². The molecule has 1 aromatic rings. The van der Waals surface area contributed by atoms with Crippen LogP contribution in [0.1, 0.15) is 19.5 Å². The molecule has 16 heavy (non-hydrogen) atoms. The number of aromatic nitrogens is 2. The van der Waals surface area contributed by atoms with Crippen LogP contribution < -0.4 is 10.2 Å². The van der Waals surface area contributed by atoms with Crippen molar-refractivity contribution in [3.63, 3.8) is 0 Å². The summed E-state index contributed by atoms with van der Waals surface area (Å²) in [5.41, 5.74) is 0.838. The molecule has 2 atom stereocenters. The third-order valence-corrected chi connectivity index (χ3v) is 3.12. The maximum atomic E-state index is 5.92. The molecule has 5 heteroatoms. The Morgan fingerprint density at radius 3 is 2.56 bits per heavy atom. The zero-order valence-electron chi connectivity index (χ0n) is 9.87. The fraction of sp³-hybridized carbons (Fsp3) is 0.636. The van der Waals surface area contributed by atoms with Gasteiger partial charge in [0.1, 0.15) is 0 Å². The molecule has 2 rings (SSSR count). The number of anilines is 1. The van der Waals surface area contributed by atoms with E-state index in [1.807, 2.05) is 6.92 Å². The molecule has 1 fully saturated rings. The van der Waals surface area contributed by atoms with Crippen molar-refractivity contribution in [1.82, 2.24) is 15.3 Å². The van der Waals surface area contributed by atoms with Crippen molar-refractivity contribution in [3.8, 4) is 0 Å². The van der Waals surface area contributed by atoms with Gasteiger partial charge in [-0.1, -0.05) is 11.6 Å². The summed E-state index contributed by atoms with van der Waals surface area (Å²) in [7, 11) is 0. The topological polar surface area (TPSA) is 41.1 Å². The molecule has 2 heterocycles. The summed E-state index contributed by atoms with van der Waals surface area (Å²) < 4.78 is 0. The standard InChI is InChI=1S/C11H17ClN4/c1-7-5-16(6-8(2)14-7)11-13-4-10(12)9(3)15-11/h4,7-8,14H,5-6H2,1-3H3/t7-,8+. The Balaban J connectivity index is 2.19. The largest absolute Gasteiger partial charge is 0.338 e. The number of rotatable bonds is 1. The molecule has 4 nitrogen and oxygen atoms in total. The van der Waals surface area contributed by atoms with Gasteiger partial charge in [-0.3, -0.25) is 0 Å². The molecule has 1 aliphatic rings. The zero-order valence-corrected chi connectivity index (χ0v) is 10.6. The van der Waals surface area contributed by atoms with Crippen molar-refractivity contribution in [3.05, 3.63) is 16.9 Å². The van der Waals surface area contributed by atoms with Crippen LogP contribution >= 0.6 is 11.6 Å². The highest BCUT2D eigenvalue weighted by molar-refractivity contribution is 6.31. The molecule has 88 valence electrons. The molecule has 1 saturated heterocycles. The van der Waals surface area contributed by atoms with Crippen LogP contribution in [0.3, 0.4) is 0 Å². The van der Waals surface area contributed by atoms with E-state index in [1.54, 1.807) is 6.20 Å². The minimum Gasteiger partial charge on any atom is -0.338 e. The predicted octanol–water partition coefficient (Wildman–Crippen LogP) is 1.63. The van der Waals surface area contributed by atoms with Crippen molar-refractivity contribution >= 4 is 17.5 Å². The van der Waals surface area contributed by atoms with Crippen LogP contribution in [0.5, 0.6) is 0 Å². The summed E-state index contributed by atoms with van der Waals surface area (Å²) in [5.74, 6) is 0.780. The summed E-state index contributed by atoms with van der Waals surface area (Å²) in [6, 6.07) is 0.923. The molecule has 1 N–H and O–H groups in total. The minimum atomic E-state index is 0.461. The number of piperazine rings is 1. The minimum absolute atomic E-state index is 0.461. The van der Waals surface area contributed by atoms with E-state index in [9.17, 15) is 0 Å². The lowest BCUT2D eigenvalue weighted by molar-refractivity contribution is 0.403. The van der Waals surface area contributed by atoms with Gasteiger partial charge in [0.2, 0.25) is 5.95 Å². The summed E-state index contributed by atoms with van der Waals surface area (Å²) in [6.07, 6.45) is 1.68. The Labute approximate surface area is 101 Å². The Hall–Kier alpha value is -0.870. The van der Waals surface area contributed by atoms with Gasteiger partial charge in [0.05, 0.1) is 16.9 Å². The first kappa shape index (κ1) is 11.6. The van der Waals surface area contributed by atoms with Gasteiger partial charge in [-0.25, -0.2) is 9.97 Å². The average molecular weight is 241 g/mol. The number of hydrogen-bond donors (Lipinski definition) is 1. The van der Waals surface area contributed by atoms with Crippen LogP contribution in [-0.2, 0) is 0 Å². The van der Waals surface area contributed by atoms with E-state index in [4.69, 9.17) is 11.6 Å². The van der Waals surface area contributed by atoms with Gasteiger partial charge >= 0.3 is 0 Å². The Kier molecular flexibility index (Phi) is 3.30. The van der Waals surface area contributed by atoms with Crippen molar-refractivity contribution in [2.45, 2.75) is 32.9 Å². The second-order valence-electron chi connectivity index (χ2n) is 4.48. The molecule has 1 aromatic heterocycles. The number of nitrogens with one attached hydrogen (secondary N) is 1. The number of nitrogens with zero attached hydrogens (tertiary/aromatic N) is 3. The van der Waals surface area contributed by atoms with Crippen molar-refractivity contribution in [2.75, 3.05) is 18.0 Å². The second-order valence-corrected chi connectivity index (χ2v) is 4.88. The molecule has 0 saturated carbocycles. The molecule has 0 unspecified atom stereocenters. The highest BCUT2D eigenvalue weighted by atomic mass is 35.5. The lowest BCUT2D eigenvalue weighted by Crippen LogP contribution is -2.54. The second kappa shape index (κ2) is 4.55. The summed E-state index contributed by atoms with van der Waals surface area (Å²) in [6.45, 7) is 8.12. The van der Waals surface area contributed by atoms with E-state index < -0.39 is 0 Å². The van der Waals surface area contributed by atoms with Gasteiger partial charge < -0.3 is 10.2 Å². The van der Waals surface area contributed by atoms with Gasteiger partial charge in [-0.15, -0.1) is 0 Å². The summed E-state index contributed by atoms with van der Waals surface area (Å²) in [5, 5.41) is 4.11. The first-order valence-electron chi connectivity index (χ1n) is 5.56. The maximum absolute atomic E-state index is 5.92. The smallest absolute Gasteiger partial charge is 0.225 e. The Bertz CT molecular complexity index is 372. The summed E-state index contributed by atoms with van der Waals surface area (Å²) in [4.78, 5) is 10.9. The van der Waals surface area contributed by atoms with Gasteiger partial charge in [-0.05, 0) is 20.8 Å². The van der Waals surface area contributed by atoms with Crippen LogP contribution in [0.4, 0.5) is 5.95 Å². The van der Waals surface area contributed by atoms with Crippen LogP contribution in [-0.4, -0.2) is 35.1 Å². The van der Waals surface area contributed by atoms with Gasteiger partial charge in [-0.2, -0.15) is 0 Å². The highest BCUT2D eigenvalue weighted by Gasteiger charge is 2.22. The molecule has 0 aliphatic carbocycles. The zero-order chi connectivity index (χ0) is 11.7. The number of hydrogen-bond acceptors (Lipinski definition) is 4. The van der Waals surface area contributed by atoms with Crippen molar-refractivity contribution in [2.24, 2.45) is 0 Å². The quantitative estimate of drug-likeness (QED) is 0.810. The summed E-state index contributed by atoms with van der Waals surface area (Å²) >= 11 is 5.92. The SMILES string of the molecule is Cc1nc(N2C[C@@H](C)N[C@@H](C)C2)ncc1Cl. The van der Waals surface area contributed by atoms with Gasteiger partial charge in [0.25, 0.3) is 0 Å².